The van der Waals surface area contributed by atoms with Crippen molar-refractivity contribution in [3.63, 3.8) is 0 Å². The molecule has 0 amide bonds. The van der Waals surface area contributed by atoms with Crippen LogP contribution in [-0.4, -0.2) is 5.97 Å². The Morgan fingerprint density at radius 1 is 0.848 bits per heavy atom. The number of aryl methyl sites for hydroxylation is 3. The van der Waals surface area contributed by atoms with Crippen LogP contribution in [0.4, 0.5) is 0 Å². The van der Waals surface area contributed by atoms with Gasteiger partial charge in [0.05, 0.1) is 0 Å². The van der Waals surface area contributed by atoms with Crippen molar-refractivity contribution in [3.8, 4) is 17.2 Å². The van der Waals surface area contributed by atoms with Crippen LogP contribution >= 0.6 is 19.0 Å². The predicted octanol–water partition coefficient (Wildman–Crippen LogP) is 7.95. The van der Waals surface area contributed by atoms with Gasteiger partial charge in [0.1, 0.15) is 17.2 Å². The van der Waals surface area contributed by atoms with E-state index in [-0.39, 0.29) is 5.41 Å². The fraction of sp³-hybridized carbons (Fsp3) is 0.222. The van der Waals surface area contributed by atoms with Gasteiger partial charge < -0.3 is 13.8 Å². The quantitative estimate of drug-likeness (QED) is 0.141. The van der Waals surface area contributed by atoms with E-state index in [9.17, 15) is 4.79 Å². The van der Waals surface area contributed by atoms with Gasteiger partial charge in [0.25, 0.3) is 0 Å². The highest BCUT2D eigenvalue weighted by Crippen LogP contribution is 2.47. The average molecular weight is 483 g/mol. The number of halogens is 1. The van der Waals surface area contributed by atoms with E-state index < -0.39 is 13.7 Å². The molecule has 1 unspecified atom stereocenters. The topological polar surface area (TPSA) is 44.8 Å². The lowest BCUT2D eigenvalue weighted by molar-refractivity contribution is -0.129. The molecule has 0 saturated heterocycles. The number of para-hydroxylation sites is 1. The van der Waals surface area contributed by atoms with Crippen LogP contribution in [0.25, 0.3) is 0 Å². The molecule has 3 rings (SSSR count). The smallest absolute Gasteiger partial charge is 0.401 e. The molecule has 0 heterocycles. The van der Waals surface area contributed by atoms with Gasteiger partial charge in [0.2, 0.25) is 0 Å². The molecule has 4 nitrogen and oxygen atoms in total. The highest BCUT2D eigenvalue weighted by Gasteiger charge is 2.25. The summed E-state index contributed by atoms with van der Waals surface area (Å²) in [5.41, 5.74) is 4.81. The fourth-order valence-corrected chi connectivity index (χ4v) is 4.64. The largest absolute Gasteiger partial charge is 0.427 e. The summed E-state index contributed by atoms with van der Waals surface area (Å²) in [4.78, 5) is 11.5. The molecule has 172 valence electrons. The van der Waals surface area contributed by atoms with Gasteiger partial charge in [-0.15, -0.1) is 0 Å². The van der Waals surface area contributed by atoms with Crippen molar-refractivity contribution < 1.29 is 18.6 Å². The highest BCUT2D eigenvalue weighted by molar-refractivity contribution is 7.76. The van der Waals surface area contributed by atoms with Crippen LogP contribution in [0.1, 0.15) is 41.7 Å². The van der Waals surface area contributed by atoms with E-state index in [0.29, 0.717) is 17.2 Å². The van der Waals surface area contributed by atoms with Gasteiger partial charge in [0, 0.05) is 11.5 Å². The Labute approximate surface area is 201 Å². The van der Waals surface area contributed by atoms with Gasteiger partial charge in [-0.2, -0.15) is 0 Å². The average Bonchev–Trinajstić information content (AvgIpc) is 2.77. The van der Waals surface area contributed by atoms with E-state index in [4.69, 9.17) is 25.0 Å². The first-order valence-electron chi connectivity index (χ1n) is 10.6. The zero-order valence-corrected chi connectivity index (χ0v) is 21.2. The van der Waals surface area contributed by atoms with Crippen LogP contribution in [0.2, 0.25) is 0 Å². The third kappa shape index (κ3) is 5.96. The summed E-state index contributed by atoms with van der Waals surface area (Å²) < 4.78 is 17.0. The minimum Gasteiger partial charge on any atom is -0.427 e. The Balaban J connectivity index is 1.77. The van der Waals surface area contributed by atoms with E-state index in [1.54, 1.807) is 0 Å². The van der Waals surface area contributed by atoms with Crippen molar-refractivity contribution in [2.24, 2.45) is 0 Å². The van der Waals surface area contributed by atoms with Crippen LogP contribution in [0, 0.1) is 20.8 Å². The molecule has 0 aliphatic heterocycles. The summed E-state index contributed by atoms with van der Waals surface area (Å²) >= 11 is 6.38. The van der Waals surface area contributed by atoms with Crippen LogP contribution in [0.5, 0.6) is 17.2 Å². The molecule has 0 bridgehead atoms. The number of ether oxygens (including phenoxy) is 1. The van der Waals surface area contributed by atoms with Crippen LogP contribution in [0.3, 0.4) is 0 Å². The summed E-state index contributed by atoms with van der Waals surface area (Å²) in [5, 5.41) is 0. The molecule has 33 heavy (non-hydrogen) atoms. The second-order valence-corrected chi connectivity index (χ2v) is 9.99. The monoisotopic (exact) mass is 482 g/mol. The first-order valence-corrected chi connectivity index (χ1v) is 12.6. The summed E-state index contributed by atoms with van der Waals surface area (Å²) in [7, 11) is -1.64. The number of carbonyl (C=O) groups excluding carboxylic acids is 1. The third-order valence-electron chi connectivity index (χ3n) is 5.60. The SMILES string of the molecule is C=CC(=O)Oc1ccc(C(C)(C)c2ccc(OP(Cl)Oc3ccccc3C)c(C)c2)cc1C. The zero-order valence-electron chi connectivity index (χ0n) is 19.5. The summed E-state index contributed by atoms with van der Waals surface area (Å²) in [6, 6.07) is 19.6. The molecule has 6 heteroatoms. The van der Waals surface area contributed by atoms with E-state index in [2.05, 4.69) is 26.5 Å². The molecule has 0 saturated carbocycles. The van der Waals surface area contributed by atoms with Crippen molar-refractivity contribution in [1.29, 1.82) is 0 Å². The highest BCUT2D eigenvalue weighted by atomic mass is 35.7. The van der Waals surface area contributed by atoms with Crippen molar-refractivity contribution in [3.05, 3.63) is 101 Å². The van der Waals surface area contributed by atoms with Gasteiger partial charge in [-0.25, -0.2) is 4.79 Å². The summed E-state index contributed by atoms with van der Waals surface area (Å²) in [6.07, 6.45) is 1.16. The molecule has 0 spiro atoms. The molecular weight excluding hydrogens is 455 g/mol. The maximum absolute atomic E-state index is 11.5. The summed E-state index contributed by atoms with van der Waals surface area (Å²) in [6.45, 7) is 13.6. The van der Waals surface area contributed by atoms with E-state index >= 15 is 0 Å². The second kappa shape index (κ2) is 10.4. The van der Waals surface area contributed by atoms with Crippen molar-refractivity contribution in [1.82, 2.24) is 0 Å². The number of carbonyl (C=O) groups is 1. The number of benzene rings is 3. The molecule has 3 aromatic carbocycles. The van der Waals surface area contributed by atoms with Gasteiger partial charge in [0.15, 0.2) is 0 Å². The van der Waals surface area contributed by atoms with Crippen molar-refractivity contribution >= 4 is 24.9 Å². The third-order valence-corrected chi connectivity index (χ3v) is 6.70. The van der Waals surface area contributed by atoms with Gasteiger partial charge in [-0.1, -0.05) is 62.9 Å². The van der Waals surface area contributed by atoms with Gasteiger partial charge in [-0.3, -0.25) is 0 Å². The number of rotatable bonds is 8. The molecule has 0 aliphatic rings. The normalized spacial score (nSPS) is 12.1. The van der Waals surface area contributed by atoms with Gasteiger partial charge >= 0.3 is 13.7 Å². The van der Waals surface area contributed by atoms with Crippen molar-refractivity contribution in [2.75, 3.05) is 0 Å². The van der Waals surface area contributed by atoms with E-state index in [1.165, 1.54) is 0 Å². The predicted molar refractivity (Wildman–Crippen MR) is 136 cm³/mol. The summed E-state index contributed by atoms with van der Waals surface area (Å²) in [5.74, 6) is 1.46. The first-order chi connectivity index (χ1) is 15.6. The zero-order chi connectivity index (χ0) is 24.2. The lowest BCUT2D eigenvalue weighted by Crippen LogP contribution is -2.19. The second-order valence-electron chi connectivity index (χ2n) is 8.37. The molecule has 0 N–H and O–H groups in total. The van der Waals surface area contributed by atoms with E-state index in [1.807, 2.05) is 75.4 Å². The molecule has 0 aromatic heterocycles. The molecular formula is C27H28ClO4P. The standard InChI is InChI=1S/C27H28ClO4P/c1-7-26(29)30-23-14-12-21(16-19(23)3)27(5,6)22-13-15-25(20(4)17-22)32-33(28)31-24-11-9-8-10-18(24)2/h7-17H,1H2,2-6H3. The fourth-order valence-electron chi connectivity index (χ4n) is 3.44. The van der Waals surface area contributed by atoms with E-state index in [0.717, 1.165) is 33.9 Å². The van der Waals surface area contributed by atoms with Crippen LogP contribution < -0.4 is 13.8 Å². The number of hydrogen-bond acceptors (Lipinski definition) is 4. The molecule has 3 aromatic rings. The first kappa shape index (κ1) is 24.8. The minimum atomic E-state index is -1.64. The number of esters is 1. The Kier molecular flexibility index (Phi) is 7.84. The Morgan fingerprint density at radius 2 is 1.36 bits per heavy atom. The van der Waals surface area contributed by atoms with Crippen LogP contribution in [0.15, 0.2) is 73.3 Å². The number of hydrogen-bond donors (Lipinski definition) is 0. The Hall–Kier alpha value is -2.81. The van der Waals surface area contributed by atoms with Crippen molar-refractivity contribution in [2.45, 2.75) is 40.0 Å². The minimum absolute atomic E-state index is 0.279. The maximum Gasteiger partial charge on any atom is 0.401 e. The maximum atomic E-state index is 11.5. The lowest BCUT2D eigenvalue weighted by atomic mass is 9.77. The van der Waals surface area contributed by atoms with Gasteiger partial charge in [-0.05, 0) is 78.0 Å². The Morgan fingerprint density at radius 3 is 1.88 bits per heavy atom. The molecule has 0 radical (unpaired) electrons. The molecule has 1 atom stereocenters. The van der Waals surface area contributed by atoms with Crippen LogP contribution in [-0.2, 0) is 10.2 Å². The Bertz CT molecular complexity index is 1170. The molecule has 0 aliphatic carbocycles. The lowest BCUT2D eigenvalue weighted by Gasteiger charge is -2.28. The molecule has 0 fully saturated rings.